The second-order valence-corrected chi connectivity index (χ2v) is 29.7. The number of carbonyl (C=O) groups is 1. The van der Waals surface area contributed by atoms with Crippen LogP contribution in [-0.2, 0) is 14.3 Å². The number of nitrogens with one attached hydrogen (secondary N) is 2. The number of carbonyl (C=O) groups excluding carboxylic acids is 1. The Morgan fingerprint density at radius 2 is 1.61 bits per heavy atom. The lowest BCUT2D eigenvalue weighted by Crippen LogP contribution is -2.76. The Bertz CT molecular complexity index is 2450. The van der Waals surface area contributed by atoms with E-state index in [0.29, 0.717) is 81.5 Å². The first kappa shape index (κ1) is 60.1. The van der Waals surface area contributed by atoms with Gasteiger partial charge in [-0.15, -0.1) is 0 Å². The molecule has 2 heterocycles. The molecule has 460 valence electrons. The highest BCUT2D eigenvalue weighted by Crippen LogP contribution is 2.79. The summed E-state index contributed by atoms with van der Waals surface area (Å²) in [6.45, 7) is 6.30. The van der Waals surface area contributed by atoms with Crippen LogP contribution in [0.5, 0.6) is 0 Å². The number of dihydropyridines is 1. The van der Waals surface area contributed by atoms with Gasteiger partial charge in [0.25, 0.3) is 0 Å². The summed E-state index contributed by atoms with van der Waals surface area (Å²) in [5.41, 5.74) is -1.15. The second-order valence-electron chi connectivity index (χ2n) is 29.7. The second kappa shape index (κ2) is 23.0. The van der Waals surface area contributed by atoms with Crippen molar-refractivity contribution in [2.75, 3.05) is 19.8 Å². The molecule has 13 N–H and O–H groups in total. The fraction of sp³-hybridized carbons (Fsp3) is 0.866. The van der Waals surface area contributed by atoms with E-state index >= 15 is 9.90 Å². The van der Waals surface area contributed by atoms with Crippen LogP contribution in [0.2, 0.25) is 0 Å². The minimum absolute atomic E-state index is 0.00224. The number of nitrogens with two attached hydrogens (primary N) is 1. The van der Waals surface area contributed by atoms with Gasteiger partial charge in [0.05, 0.1) is 71.4 Å². The van der Waals surface area contributed by atoms with E-state index in [1.807, 2.05) is 18.2 Å². The summed E-state index contributed by atoms with van der Waals surface area (Å²) in [5, 5.41) is 124. The van der Waals surface area contributed by atoms with E-state index in [4.69, 9.17) is 15.2 Å². The number of hydrogen-bond acceptors (Lipinski definition) is 15. The number of aliphatic hydroxyl groups is 9. The Morgan fingerprint density at radius 3 is 2.35 bits per heavy atom. The minimum Gasteiger partial charge on any atom is -0.396 e. The standard InChI is InChI=1S/C67H105N3O12/c1-4-10-39-17-21-45-51(25-18-39)82-61-54(45)49(73)14-8-30-67(61,80)62(3,77)52-28-32-66(79)56-57(69-36-38(2)72)59(76)55-46-22-24-47-43(44-23-26-53(68)70-48(44)13-9-33-71)27-31-63(78,60(56)64(47,55)35-50(74)58(46)75)37-65(52,66)41-19-15-40(16-20-41)29-34-81-42-11-6-5-7-12-42/h23,26-27,31,38-43,45-47,49-55,58,60-61,69-75,77-80H,4-22,24-25,28-30,32-37,68H2,1-3H3. The molecule has 0 aromatic rings. The number of allylic oxidation sites excluding steroid dienone is 5. The van der Waals surface area contributed by atoms with Gasteiger partial charge in [0.2, 0.25) is 0 Å². The third kappa shape index (κ3) is 9.48. The zero-order chi connectivity index (χ0) is 57.7. The van der Waals surface area contributed by atoms with Crippen molar-refractivity contribution in [3.8, 4) is 0 Å². The quantitative estimate of drug-likeness (QED) is 0.0722. The van der Waals surface area contributed by atoms with Crippen LogP contribution in [0.1, 0.15) is 194 Å². The first-order valence-electron chi connectivity index (χ1n) is 33.4. The van der Waals surface area contributed by atoms with Crippen molar-refractivity contribution in [1.82, 2.24) is 10.6 Å². The molecule has 9 fully saturated rings. The molecular weight excluding hydrogens is 1040 g/mol. The van der Waals surface area contributed by atoms with E-state index in [1.54, 1.807) is 13.8 Å². The molecule has 8 saturated carbocycles. The van der Waals surface area contributed by atoms with Crippen LogP contribution in [0.3, 0.4) is 0 Å². The SMILES string of the molecule is CCCC1CCC2OC3C(C(O)CCCC3(O)C(C)(O)C3CCC4(O)C5=C(NCC(C)O)C(=O)C6C7CCC8C(C9=C(CCCO)NC(N)C=C9)C=CC(O)(CC34C3CCC(CCOC4CCCCC4)CC3)C5C86CC(O)C7O)C2CC1. The summed E-state index contributed by atoms with van der Waals surface area (Å²) in [5.74, 6) is -4.12. The van der Waals surface area contributed by atoms with E-state index in [-0.39, 0.29) is 80.6 Å². The molecule has 15 nitrogen and oxygen atoms in total. The Hall–Kier alpha value is -2.25. The Morgan fingerprint density at radius 1 is 0.878 bits per heavy atom. The van der Waals surface area contributed by atoms with E-state index in [9.17, 15) is 40.9 Å². The van der Waals surface area contributed by atoms with E-state index in [1.165, 1.54) is 19.3 Å². The van der Waals surface area contributed by atoms with Gasteiger partial charge in [-0.2, -0.15) is 0 Å². The van der Waals surface area contributed by atoms with Gasteiger partial charge >= 0.3 is 0 Å². The van der Waals surface area contributed by atoms with Crippen LogP contribution in [0.4, 0.5) is 0 Å². The highest BCUT2D eigenvalue weighted by molar-refractivity contribution is 6.00. The zero-order valence-electron chi connectivity index (χ0n) is 49.8. The molecule has 2 aliphatic heterocycles. The van der Waals surface area contributed by atoms with Gasteiger partial charge in [-0.1, -0.05) is 76.5 Å². The molecule has 22 unspecified atom stereocenters. The van der Waals surface area contributed by atoms with E-state index in [0.717, 1.165) is 81.9 Å². The summed E-state index contributed by atoms with van der Waals surface area (Å²) in [6, 6.07) is 0. The summed E-state index contributed by atoms with van der Waals surface area (Å²) < 4.78 is 13.8. The normalized spacial score (nSPS) is 48.4. The number of fused-ring (bicyclic) bond motifs is 5. The molecule has 12 aliphatic rings. The molecule has 0 aromatic heterocycles. The fourth-order valence-corrected chi connectivity index (χ4v) is 22.3. The van der Waals surface area contributed by atoms with Gasteiger partial charge in [0.1, 0.15) is 5.60 Å². The van der Waals surface area contributed by atoms with Gasteiger partial charge < -0.3 is 71.8 Å². The third-order valence-electron chi connectivity index (χ3n) is 25.6. The van der Waals surface area contributed by atoms with E-state index in [2.05, 4.69) is 23.6 Å². The maximum atomic E-state index is 16.5. The Labute approximate surface area is 488 Å². The number of ether oxygens (including phenoxy) is 2. The van der Waals surface area contributed by atoms with Gasteiger partial charge in [-0.3, -0.25) is 4.79 Å². The molecule has 12 rings (SSSR count). The first-order valence-corrected chi connectivity index (χ1v) is 33.4. The molecule has 2 bridgehead atoms. The number of ketones is 1. The summed E-state index contributed by atoms with van der Waals surface area (Å²) >= 11 is 0. The molecule has 1 saturated heterocycles. The van der Waals surface area contributed by atoms with Crippen LogP contribution >= 0.6 is 0 Å². The fourth-order valence-electron chi connectivity index (χ4n) is 22.3. The molecule has 15 heteroatoms. The summed E-state index contributed by atoms with van der Waals surface area (Å²) in [6.07, 6.45) is 22.1. The van der Waals surface area contributed by atoms with Crippen molar-refractivity contribution in [1.29, 1.82) is 0 Å². The predicted molar refractivity (Wildman–Crippen MR) is 311 cm³/mol. The van der Waals surface area contributed by atoms with Gasteiger partial charge in [0.15, 0.2) is 5.78 Å². The monoisotopic (exact) mass is 1140 g/mol. The van der Waals surface area contributed by atoms with Gasteiger partial charge in [-0.25, -0.2) is 0 Å². The topological polar surface area (TPSA) is 268 Å². The molecule has 1 spiro atoms. The largest absolute Gasteiger partial charge is 0.396 e. The molecular formula is C67H105N3O12. The average molecular weight is 1140 g/mol. The zero-order valence-corrected chi connectivity index (χ0v) is 49.8. The minimum atomic E-state index is -1.95. The van der Waals surface area contributed by atoms with Gasteiger partial charge in [-0.05, 0) is 200 Å². The van der Waals surface area contributed by atoms with Crippen molar-refractivity contribution in [3.63, 3.8) is 0 Å². The average Bonchev–Trinajstić information content (AvgIpc) is 2.43. The molecule has 0 aromatic carbocycles. The highest BCUT2D eigenvalue weighted by atomic mass is 16.5. The number of rotatable bonds is 16. The van der Waals surface area contributed by atoms with Crippen molar-refractivity contribution in [2.24, 2.45) is 81.7 Å². The van der Waals surface area contributed by atoms with Crippen LogP contribution < -0.4 is 16.4 Å². The predicted octanol–water partition coefficient (Wildman–Crippen LogP) is 6.65. The van der Waals surface area contributed by atoms with Crippen LogP contribution in [0, 0.1) is 75.9 Å². The van der Waals surface area contributed by atoms with Crippen molar-refractivity contribution in [2.45, 2.75) is 265 Å². The molecule has 82 heavy (non-hydrogen) atoms. The lowest BCUT2D eigenvalue weighted by atomic mass is 9.34. The summed E-state index contributed by atoms with van der Waals surface area (Å²) in [7, 11) is 0. The maximum Gasteiger partial charge on any atom is 0.182 e. The lowest BCUT2D eigenvalue weighted by molar-refractivity contribution is -0.282. The van der Waals surface area contributed by atoms with Crippen LogP contribution in [0.15, 0.2) is 46.8 Å². The molecule has 10 aliphatic carbocycles. The number of Topliss-reactive ketones (excluding diaryl/α,β-unsaturated/α-hetero) is 1. The third-order valence-corrected chi connectivity index (χ3v) is 25.6. The van der Waals surface area contributed by atoms with Crippen molar-refractivity contribution < 1.29 is 60.2 Å². The maximum absolute atomic E-state index is 16.5. The lowest BCUT2D eigenvalue weighted by Gasteiger charge is -2.71. The number of aliphatic hydroxyl groups excluding tert-OH is 5. The van der Waals surface area contributed by atoms with Crippen LogP contribution in [0.25, 0.3) is 0 Å². The summed E-state index contributed by atoms with van der Waals surface area (Å²) in [4.78, 5) is 16.5. The van der Waals surface area contributed by atoms with Crippen molar-refractivity contribution >= 4 is 5.78 Å². The highest BCUT2D eigenvalue weighted by Gasteiger charge is 2.82. The smallest absolute Gasteiger partial charge is 0.182 e. The number of hydrogen-bond donors (Lipinski definition) is 12. The molecule has 0 radical (unpaired) electrons. The molecule has 0 amide bonds. The Kier molecular flexibility index (Phi) is 16.9. The first-order chi connectivity index (χ1) is 39.3. The van der Waals surface area contributed by atoms with Crippen LogP contribution in [-0.4, -0.2) is 143 Å². The molecule has 22 atom stereocenters. The van der Waals surface area contributed by atoms with Gasteiger partial charge in [0, 0.05) is 54.5 Å². The van der Waals surface area contributed by atoms with E-state index < -0.39 is 105 Å². The van der Waals surface area contributed by atoms with Crippen molar-refractivity contribution in [3.05, 3.63) is 46.8 Å². The Balaban J connectivity index is 1.03.